The van der Waals surface area contributed by atoms with Gasteiger partial charge in [-0.3, -0.25) is 4.79 Å². The number of carbonyl (C=O) groups excluding carboxylic acids is 1. The van der Waals surface area contributed by atoms with E-state index in [1.807, 2.05) is 6.07 Å². The van der Waals surface area contributed by atoms with Gasteiger partial charge in [-0.15, -0.1) is 10.2 Å². The Bertz CT molecular complexity index is 1040. The van der Waals surface area contributed by atoms with Crippen LogP contribution in [0.3, 0.4) is 0 Å². The van der Waals surface area contributed by atoms with Crippen molar-refractivity contribution in [1.29, 1.82) is 0 Å². The van der Waals surface area contributed by atoms with Gasteiger partial charge >= 0.3 is 6.61 Å². The molecule has 156 valence electrons. The van der Waals surface area contributed by atoms with Crippen LogP contribution in [0.2, 0.25) is 0 Å². The molecule has 0 aliphatic rings. The van der Waals surface area contributed by atoms with Gasteiger partial charge in [0.2, 0.25) is 5.01 Å². The van der Waals surface area contributed by atoms with Crippen LogP contribution in [0.4, 0.5) is 14.5 Å². The molecule has 2 aromatic carbocycles. The molecule has 1 aromatic heterocycles. The predicted octanol–water partition coefficient (Wildman–Crippen LogP) is 5.53. The summed E-state index contributed by atoms with van der Waals surface area (Å²) >= 11 is 7.34. The quantitative estimate of drug-likeness (QED) is 0.487. The fraction of sp³-hybridized carbons (Fsp3) is 0.150. The van der Waals surface area contributed by atoms with Crippen molar-refractivity contribution in [2.24, 2.45) is 0 Å². The number of amides is 1. The third-order valence-corrected chi connectivity index (χ3v) is 4.99. The molecule has 0 radical (unpaired) electrons. The second-order valence-electron chi connectivity index (χ2n) is 5.74. The molecule has 0 aliphatic heterocycles. The first kappa shape index (κ1) is 21.7. The first-order valence-corrected chi connectivity index (χ1v) is 9.95. The highest BCUT2D eigenvalue weighted by atomic mass is 35.5. The molecule has 3 rings (SSSR count). The Labute approximate surface area is 180 Å². The summed E-state index contributed by atoms with van der Waals surface area (Å²) in [7, 11) is 0. The molecule has 10 heteroatoms. The molecule has 0 atom stereocenters. The Morgan fingerprint density at radius 3 is 2.60 bits per heavy atom. The molecule has 0 fully saturated rings. The molecule has 1 amide bonds. The number of nitrogens with zero attached hydrogens (tertiary/aromatic N) is 2. The first-order chi connectivity index (χ1) is 14.5. The molecule has 0 spiro atoms. The molecule has 0 saturated carbocycles. The van der Waals surface area contributed by atoms with Crippen LogP contribution in [-0.2, 0) is 0 Å². The average Bonchev–Trinajstić information content (AvgIpc) is 3.21. The third-order valence-electron chi connectivity index (χ3n) is 3.63. The number of anilines is 1. The predicted molar refractivity (Wildman–Crippen MR) is 112 cm³/mol. The number of halogens is 3. The van der Waals surface area contributed by atoms with Gasteiger partial charge in [-0.2, -0.15) is 8.78 Å². The van der Waals surface area contributed by atoms with E-state index in [1.165, 1.54) is 12.1 Å². The minimum atomic E-state index is -2.96. The minimum Gasteiger partial charge on any atom is -0.490 e. The number of nitrogens with one attached hydrogen (secondary N) is 1. The summed E-state index contributed by atoms with van der Waals surface area (Å²) in [5.74, 6) is -0.311. The summed E-state index contributed by atoms with van der Waals surface area (Å²) in [6.07, 6.45) is 1.57. The number of rotatable bonds is 8. The van der Waals surface area contributed by atoms with E-state index in [2.05, 4.69) is 20.3 Å². The van der Waals surface area contributed by atoms with Crippen molar-refractivity contribution < 1.29 is 23.0 Å². The van der Waals surface area contributed by atoms with Crippen molar-refractivity contribution in [3.63, 3.8) is 0 Å². The number of carbonyl (C=O) groups is 1. The Hall–Kier alpha value is -3.04. The summed E-state index contributed by atoms with van der Waals surface area (Å²) in [6, 6.07) is 13.4. The highest BCUT2D eigenvalue weighted by Crippen LogP contribution is 2.32. The van der Waals surface area contributed by atoms with Crippen LogP contribution in [0, 0.1) is 0 Å². The van der Waals surface area contributed by atoms with Gasteiger partial charge in [0.05, 0.1) is 11.6 Å². The van der Waals surface area contributed by atoms with Gasteiger partial charge in [0.1, 0.15) is 0 Å². The van der Waals surface area contributed by atoms with E-state index in [9.17, 15) is 13.6 Å². The number of hydrogen-bond donors (Lipinski definition) is 1. The summed E-state index contributed by atoms with van der Waals surface area (Å²) in [6.45, 7) is -0.960. The van der Waals surface area contributed by atoms with Gasteiger partial charge < -0.3 is 14.8 Å². The fourth-order valence-electron chi connectivity index (χ4n) is 2.40. The molecule has 3 aromatic rings. The van der Waals surface area contributed by atoms with Crippen LogP contribution in [-0.4, -0.2) is 29.3 Å². The Kier molecular flexibility index (Phi) is 7.31. The van der Waals surface area contributed by atoms with E-state index >= 15 is 0 Å². The lowest BCUT2D eigenvalue weighted by Gasteiger charge is -2.11. The summed E-state index contributed by atoms with van der Waals surface area (Å²) in [4.78, 5) is 12.3. The zero-order valence-corrected chi connectivity index (χ0v) is 17.2. The average molecular weight is 452 g/mol. The summed E-state index contributed by atoms with van der Waals surface area (Å²) in [5.41, 5.74) is 1.21. The largest absolute Gasteiger partial charge is 0.490 e. The molecule has 0 saturated heterocycles. The van der Waals surface area contributed by atoms with Gasteiger partial charge in [-0.1, -0.05) is 47.2 Å². The van der Waals surface area contributed by atoms with Crippen LogP contribution in [0.1, 0.15) is 27.3 Å². The number of para-hydroxylation sites is 1. The second-order valence-corrected chi connectivity index (χ2v) is 7.13. The molecular formula is C20H16ClF2N3O3S. The Morgan fingerprint density at radius 2 is 1.90 bits per heavy atom. The molecule has 0 unspecified atom stereocenters. The molecular weight excluding hydrogens is 436 g/mol. The lowest BCUT2D eigenvalue weighted by molar-refractivity contribution is -0.0514. The normalized spacial score (nSPS) is 11.4. The third kappa shape index (κ3) is 5.74. The number of alkyl halides is 2. The number of aromatic nitrogens is 2. The van der Waals surface area contributed by atoms with E-state index in [4.69, 9.17) is 16.3 Å². The first-order valence-electron chi connectivity index (χ1n) is 8.75. The molecule has 0 bridgehead atoms. The summed E-state index contributed by atoms with van der Waals surface area (Å²) in [5, 5.41) is 11.2. The van der Waals surface area contributed by atoms with Gasteiger partial charge in [0.25, 0.3) is 5.91 Å². The fourth-order valence-corrected chi connectivity index (χ4v) is 3.33. The van der Waals surface area contributed by atoms with Gasteiger partial charge in [0, 0.05) is 5.69 Å². The molecule has 1 heterocycles. The lowest BCUT2D eigenvalue weighted by Crippen LogP contribution is -2.11. The van der Waals surface area contributed by atoms with E-state index in [0.29, 0.717) is 16.3 Å². The van der Waals surface area contributed by atoms with Crippen LogP contribution in [0.15, 0.2) is 48.5 Å². The standard InChI is InChI=1S/C20H16ClF2N3O3S/c1-2-28-16-11-12(8-9-15(16)29-20(22)23)10-14(21)18-25-26-19(30-18)17(27)24-13-6-4-3-5-7-13/h3-11,20H,2H2,1H3,(H,24,27)/b14-10-. The van der Waals surface area contributed by atoms with Crippen LogP contribution in [0.5, 0.6) is 11.5 Å². The Morgan fingerprint density at radius 1 is 1.17 bits per heavy atom. The van der Waals surface area contributed by atoms with Gasteiger partial charge in [-0.25, -0.2) is 0 Å². The smallest absolute Gasteiger partial charge is 0.387 e. The maximum atomic E-state index is 12.5. The van der Waals surface area contributed by atoms with Crippen molar-refractivity contribution in [3.05, 3.63) is 64.1 Å². The van der Waals surface area contributed by atoms with Gasteiger partial charge in [-0.05, 0) is 42.8 Å². The molecule has 1 N–H and O–H groups in total. The van der Waals surface area contributed by atoms with Crippen molar-refractivity contribution in [1.82, 2.24) is 10.2 Å². The van der Waals surface area contributed by atoms with Crippen molar-refractivity contribution >= 4 is 45.6 Å². The van der Waals surface area contributed by atoms with Gasteiger partial charge in [0.15, 0.2) is 16.5 Å². The summed E-state index contributed by atoms with van der Waals surface area (Å²) < 4.78 is 34.8. The van der Waals surface area contributed by atoms with Crippen molar-refractivity contribution in [2.75, 3.05) is 11.9 Å². The van der Waals surface area contributed by atoms with Crippen molar-refractivity contribution in [3.8, 4) is 11.5 Å². The second kappa shape index (κ2) is 10.1. The zero-order valence-electron chi connectivity index (χ0n) is 15.6. The van der Waals surface area contributed by atoms with Crippen LogP contribution in [0.25, 0.3) is 11.1 Å². The minimum absolute atomic E-state index is 0.0732. The van der Waals surface area contributed by atoms with E-state index < -0.39 is 12.5 Å². The number of ether oxygens (including phenoxy) is 2. The molecule has 0 aliphatic carbocycles. The number of hydrogen-bond acceptors (Lipinski definition) is 6. The Balaban J connectivity index is 1.77. The van der Waals surface area contributed by atoms with Crippen molar-refractivity contribution in [2.45, 2.75) is 13.5 Å². The van der Waals surface area contributed by atoms with E-state index in [1.54, 1.807) is 43.3 Å². The van der Waals surface area contributed by atoms with Crippen LogP contribution >= 0.6 is 22.9 Å². The topological polar surface area (TPSA) is 73.3 Å². The SMILES string of the molecule is CCOc1cc(/C=C(\Cl)c2nnc(C(=O)Nc3ccccc3)s2)ccc1OC(F)F. The maximum absolute atomic E-state index is 12.5. The van der Waals surface area contributed by atoms with E-state index in [0.717, 1.165) is 11.3 Å². The van der Waals surface area contributed by atoms with E-state index in [-0.39, 0.29) is 28.1 Å². The highest BCUT2D eigenvalue weighted by molar-refractivity contribution is 7.15. The zero-order chi connectivity index (χ0) is 21.5. The maximum Gasteiger partial charge on any atom is 0.387 e. The monoisotopic (exact) mass is 451 g/mol. The molecule has 30 heavy (non-hydrogen) atoms. The lowest BCUT2D eigenvalue weighted by atomic mass is 10.2. The highest BCUT2D eigenvalue weighted by Gasteiger charge is 2.16. The van der Waals surface area contributed by atoms with Crippen LogP contribution < -0.4 is 14.8 Å². The number of benzene rings is 2. The molecule has 6 nitrogen and oxygen atoms in total.